The molecule has 0 radical (unpaired) electrons. The van der Waals surface area contributed by atoms with Gasteiger partial charge in [-0.1, -0.05) is 6.07 Å². The molecule has 132 valence electrons. The number of nitrogens with two attached hydrogens (primary N) is 1. The molecule has 0 aromatic heterocycles. The number of amides is 1. The molecule has 23 heavy (non-hydrogen) atoms. The van der Waals surface area contributed by atoms with Crippen molar-refractivity contribution in [2.75, 3.05) is 51.9 Å². The summed E-state index contributed by atoms with van der Waals surface area (Å²) in [6, 6.07) is 7.39. The highest BCUT2D eigenvalue weighted by molar-refractivity contribution is 5.85. The van der Waals surface area contributed by atoms with Crippen LogP contribution in [0.2, 0.25) is 0 Å². The van der Waals surface area contributed by atoms with Crippen LogP contribution in [0.3, 0.4) is 0 Å². The lowest BCUT2D eigenvalue weighted by Gasteiger charge is -2.37. The molecule has 1 aromatic carbocycles. The molecule has 0 spiro atoms. The molecule has 2 rings (SSSR count). The Kier molecular flexibility index (Phi) is 9.99. The van der Waals surface area contributed by atoms with Gasteiger partial charge in [0.2, 0.25) is 5.91 Å². The van der Waals surface area contributed by atoms with E-state index in [4.69, 9.17) is 15.2 Å². The third-order valence-corrected chi connectivity index (χ3v) is 3.67. The summed E-state index contributed by atoms with van der Waals surface area (Å²) in [5.41, 5.74) is 6.91. The van der Waals surface area contributed by atoms with Gasteiger partial charge < -0.3 is 25.0 Å². The average Bonchev–Trinajstić information content (AvgIpc) is 2.54. The van der Waals surface area contributed by atoms with E-state index < -0.39 is 6.04 Å². The van der Waals surface area contributed by atoms with Crippen molar-refractivity contribution in [2.24, 2.45) is 5.73 Å². The van der Waals surface area contributed by atoms with Crippen molar-refractivity contribution in [3.63, 3.8) is 0 Å². The molecule has 1 aliphatic rings. The third kappa shape index (κ3) is 5.73. The summed E-state index contributed by atoms with van der Waals surface area (Å²) in [5, 5.41) is 0. The number of halogens is 2. The lowest BCUT2D eigenvalue weighted by molar-refractivity contribution is -0.134. The first kappa shape index (κ1) is 21.8. The summed E-state index contributed by atoms with van der Waals surface area (Å²) in [6.45, 7) is 3.19. The van der Waals surface area contributed by atoms with E-state index in [1.54, 1.807) is 19.1 Å². The number of hydrogen-bond acceptors (Lipinski definition) is 5. The summed E-state index contributed by atoms with van der Waals surface area (Å²) in [5.74, 6) is 0.801. The van der Waals surface area contributed by atoms with Gasteiger partial charge in [0.05, 0.1) is 13.7 Å². The van der Waals surface area contributed by atoms with Crippen molar-refractivity contribution in [2.45, 2.75) is 6.04 Å². The average molecular weight is 366 g/mol. The van der Waals surface area contributed by atoms with Crippen LogP contribution in [0.4, 0.5) is 5.69 Å². The highest BCUT2D eigenvalue weighted by Crippen LogP contribution is 2.22. The molecule has 1 heterocycles. The molecule has 0 saturated carbocycles. The van der Waals surface area contributed by atoms with Gasteiger partial charge in [0.25, 0.3) is 0 Å². The van der Waals surface area contributed by atoms with Crippen LogP contribution in [0.5, 0.6) is 5.75 Å². The maximum atomic E-state index is 12.1. The Labute approximate surface area is 149 Å². The maximum Gasteiger partial charge on any atom is 0.241 e. The molecule has 1 saturated heterocycles. The number of carbonyl (C=O) groups is 1. The van der Waals surface area contributed by atoms with Crippen LogP contribution in [0.25, 0.3) is 0 Å². The SMILES string of the molecule is COCC(N)C(=O)N1CCN(c2cccc(OC)c2)CC1.Cl.Cl. The van der Waals surface area contributed by atoms with Crippen molar-refractivity contribution in [1.29, 1.82) is 0 Å². The Bertz CT molecular complexity index is 483. The van der Waals surface area contributed by atoms with Gasteiger partial charge in [-0.25, -0.2) is 0 Å². The first-order valence-corrected chi connectivity index (χ1v) is 7.08. The predicted octanol–water partition coefficient (Wildman–Crippen LogP) is 1.16. The van der Waals surface area contributed by atoms with Gasteiger partial charge in [-0.2, -0.15) is 0 Å². The van der Waals surface area contributed by atoms with Crippen molar-refractivity contribution in [3.05, 3.63) is 24.3 Å². The van der Waals surface area contributed by atoms with E-state index in [0.29, 0.717) is 13.1 Å². The van der Waals surface area contributed by atoms with E-state index in [-0.39, 0.29) is 37.3 Å². The smallest absolute Gasteiger partial charge is 0.241 e. The number of carbonyl (C=O) groups excluding carboxylic acids is 1. The highest BCUT2D eigenvalue weighted by atomic mass is 35.5. The standard InChI is InChI=1S/C15H23N3O3.2ClH/c1-20-11-14(16)15(19)18-8-6-17(7-9-18)12-4-3-5-13(10-12)21-2;;/h3-5,10,14H,6-9,11,16H2,1-2H3;2*1H. The fourth-order valence-corrected chi connectivity index (χ4v) is 2.48. The van der Waals surface area contributed by atoms with Gasteiger partial charge in [-0.3, -0.25) is 4.79 Å². The zero-order valence-electron chi connectivity index (χ0n) is 13.4. The molecule has 1 amide bonds. The van der Waals surface area contributed by atoms with Gasteiger partial charge in [-0.15, -0.1) is 24.8 Å². The van der Waals surface area contributed by atoms with Crippen molar-refractivity contribution < 1.29 is 14.3 Å². The number of methoxy groups -OCH3 is 2. The van der Waals surface area contributed by atoms with E-state index in [1.807, 2.05) is 18.2 Å². The second-order valence-corrected chi connectivity index (χ2v) is 5.08. The largest absolute Gasteiger partial charge is 0.497 e. The molecule has 8 heteroatoms. The van der Waals surface area contributed by atoms with Gasteiger partial charge in [0.1, 0.15) is 11.8 Å². The Hall–Kier alpha value is -1.21. The second-order valence-electron chi connectivity index (χ2n) is 5.08. The molecule has 2 N–H and O–H groups in total. The van der Waals surface area contributed by atoms with E-state index >= 15 is 0 Å². The fraction of sp³-hybridized carbons (Fsp3) is 0.533. The number of piperazine rings is 1. The van der Waals surface area contributed by atoms with Crippen molar-refractivity contribution in [3.8, 4) is 5.75 Å². The lowest BCUT2D eigenvalue weighted by atomic mass is 10.2. The molecular weight excluding hydrogens is 341 g/mol. The van der Waals surface area contributed by atoms with Crippen LogP contribution >= 0.6 is 24.8 Å². The molecule has 1 aliphatic heterocycles. The van der Waals surface area contributed by atoms with E-state index in [9.17, 15) is 4.79 Å². The number of ether oxygens (including phenoxy) is 2. The van der Waals surface area contributed by atoms with Crippen molar-refractivity contribution >= 4 is 36.4 Å². The third-order valence-electron chi connectivity index (χ3n) is 3.67. The Morgan fingerprint density at radius 3 is 2.43 bits per heavy atom. The summed E-state index contributed by atoms with van der Waals surface area (Å²) in [4.78, 5) is 16.2. The normalized spacial score (nSPS) is 15.3. The zero-order valence-corrected chi connectivity index (χ0v) is 15.1. The second kappa shape index (κ2) is 10.5. The van der Waals surface area contributed by atoms with Crippen LogP contribution < -0.4 is 15.4 Å². The molecule has 1 unspecified atom stereocenters. The zero-order chi connectivity index (χ0) is 15.2. The number of anilines is 1. The molecule has 0 bridgehead atoms. The van der Waals surface area contributed by atoms with E-state index in [2.05, 4.69) is 11.0 Å². The minimum atomic E-state index is -0.571. The maximum absolute atomic E-state index is 12.1. The number of rotatable bonds is 5. The van der Waals surface area contributed by atoms with Crippen molar-refractivity contribution in [1.82, 2.24) is 4.90 Å². The summed E-state index contributed by atoms with van der Waals surface area (Å²) < 4.78 is 10.2. The summed E-state index contributed by atoms with van der Waals surface area (Å²) in [6.07, 6.45) is 0. The monoisotopic (exact) mass is 365 g/mol. The Morgan fingerprint density at radius 1 is 1.22 bits per heavy atom. The van der Waals surface area contributed by atoms with Crippen LogP contribution in [0.1, 0.15) is 0 Å². The molecular formula is C15H25Cl2N3O3. The van der Waals surface area contributed by atoms with Crippen LogP contribution in [0, 0.1) is 0 Å². The molecule has 1 aromatic rings. The topological polar surface area (TPSA) is 68.0 Å². The number of hydrogen-bond donors (Lipinski definition) is 1. The molecule has 1 atom stereocenters. The molecule has 1 fully saturated rings. The molecule has 6 nitrogen and oxygen atoms in total. The summed E-state index contributed by atoms with van der Waals surface area (Å²) in [7, 11) is 3.21. The highest BCUT2D eigenvalue weighted by Gasteiger charge is 2.25. The lowest BCUT2D eigenvalue weighted by Crippen LogP contribution is -2.54. The first-order chi connectivity index (χ1) is 10.2. The van der Waals surface area contributed by atoms with Crippen LogP contribution in [-0.4, -0.2) is 63.9 Å². The van der Waals surface area contributed by atoms with Gasteiger partial charge in [-0.05, 0) is 12.1 Å². The van der Waals surface area contributed by atoms with Gasteiger partial charge >= 0.3 is 0 Å². The number of benzene rings is 1. The fourth-order valence-electron chi connectivity index (χ4n) is 2.48. The van der Waals surface area contributed by atoms with Crippen LogP contribution in [0.15, 0.2) is 24.3 Å². The number of nitrogens with zero attached hydrogens (tertiary/aromatic N) is 2. The van der Waals surface area contributed by atoms with Gasteiger partial charge in [0, 0.05) is 45.0 Å². The predicted molar refractivity (Wildman–Crippen MR) is 96.1 cm³/mol. The van der Waals surface area contributed by atoms with E-state index in [0.717, 1.165) is 24.5 Å². The Balaban J connectivity index is 0.00000242. The van der Waals surface area contributed by atoms with E-state index in [1.165, 1.54) is 0 Å². The van der Waals surface area contributed by atoms with Crippen LogP contribution in [-0.2, 0) is 9.53 Å². The minimum Gasteiger partial charge on any atom is -0.497 e. The Morgan fingerprint density at radius 2 is 1.87 bits per heavy atom. The molecule has 0 aliphatic carbocycles. The summed E-state index contributed by atoms with van der Waals surface area (Å²) >= 11 is 0. The quantitative estimate of drug-likeness (QED) is 0.847. The minimum absolute atomic E-state index is 0. The van der Waals surface area contributed by atoms with Gasteiger partial charge in [0.15, 0.2) is 0 Å². The first-order valence-electron chi connectivity index (χ1n) is 7.08.